The van der Waals surface area contributed by atoms with Crippen molar-refractivity contribution in [3.05, 3.63) is 70.9 Å². The van der Waals surface area contributed by atoms with Crippen molar-refractivity contribution < 1.29 is 0 Å². The van der Waals surface area contributed by atoms with Crippen LogP contribution in [-0.4, -0.2) is 24.9 Å². The Morgan fingerprint density at radius 3 is 1.87 bits per heavy atom. The molecule has 1 heterocycles. The molecule has 0 spiro atoms. The van der Waals surface area contributed by atoms with Crippen LogP contribution in [0.3, 0.4) is 0 Å². The van der Waals surface area contributed by atoms with Gasteiger partial charge in [0.05, 0.1) is 24.9 Å². The molecule has 2 aromatic rings. The first-order chi connectivity index (χ1) is 14.6. The Labute approximate surface area is 193 Å². The van der Waals surface area contributed by atoms with Gasteiger partial charge in [-0.25, -0.2) is 0 Å². The summed E-state index contributed by atoms with van der Waals surface area (Å²) in [6.07, 6.45) is 11.2. The first-order valence-corrected chi connectivity index (χ1v) is 20.9. The molecule has 5 rings (SSSR count). The molecule has 1 aliphatic heterocycles. The summed E-state index contributed by atoms with van der Waals surface area (Å²) in [6.45, 7) is 15.0. The standard InChI is InChI=1S/C28H37Si3/c1-30(2,3)21-13-15-23-24-16-14-22(31(4,5)6)19-26(24)28(25(23)18-21)27-12-9-17-29(27)20-10-7-8-11-20/h7-8,10,13-16,18-19,27-28H,9,11-12,17H2,1-6H3. The molecule has 1 fully saturated rings. The second-order valence-corrected chi connectivity index (χ2v) is 25.0. The molecule has 2 aliphatic carbocycles. The molecule has 1 radical (unpaired) electrons. The highest BCUT2D eigenvalue weighted by Gasteiger charge is 2.43. The summed E-state index contributed by atoms with van der Waals surface area (Å²) >= 11 is 0. The number of allylic oxidation sites excluding steroid dienone is 4. The lowest BCUT2D eigenvalue weighted by molar-refractivity contribution is 0.688. The molecule has 0 N–H and O–H groups in total. The lowest BCUT2D eigenvalue weighted by atomic mass is 9.91. The van der Waals surface area contributed by atoms with Crippen molar-refractivity contribution >= 4 is 35.3 Å². The predicted octanol–water partition coefficient (Wildman–Crippen LogP) is 6.97. The molecule has 1 atom stereocenters. The minimum absolute atomic E-state index is 0.469. The lowest BCUT2D eigenvalue weighted by Crippen LogP contribution is -2.38. The first kappa shape index (κ1) is 21.4. The molecule has 0 amide bonds. The smallest absolute Gasteiger partial charge is 0.0809 e. The van der Waals surface area contributed by atoms with Gasteiger partial charge in [-0.2, -0.15) is 0 Å². The minimum atomic E-state index is -1.34. The Kier molecular flexibility index (Phi) is 5.23. The van der Waals surface area contributed by atoms with Crippen molar-refractivity contribution in [3.63, 3.8) is 0 Å². The van der Waals surface area contributed by atoms with Crippen LogP contribution in [0.5, 0.6) is 0 Å². The molecular formula is C28H37Si3. The van der Waals surface area contributed by atoms with E-state index < -0.39 is 24.9 Å². The summed E-state index contributed by atoms with van der Waals surface area (Å²) in [7, 11) is -3.14. The molecule has 161 valence electrons. The Morgan fingerprint density at radius 2 is 1.39 bits per heavy atom. The summed E-state index contributed by atoms with van der Waals surface area (Å²) in [4.78, 5) is 0. The van der Waals surface area contributed by atoms with Gasteiger partial charge in [0, 0.05) is 5.92 Å². The average Bonchev–Trinajstić information content (AvgIpc) is 3.43. The van der Waals surface area contributed by atoms with E-state index in [1.54, 1.807) is 26.7 Å². The summed E-state index contributed by atoms with van der Waals surface area (Å²) in [5.41, 5.74) is 7.27. The quantitative estimate of drug-likeness (QED) is 0.435. The van der Waals surface area contributed by atoms with Gasteiger partial charge in [0.15, 0.2) is 0 Å². The van der Waals surface area contributed by atoms with Gasteiger partial charge in [0.2, 0.25) is 0 Å². The fraction of sp³-hybridized carbons (Fsp3) is 0.429. The molecular weight excluding hydrogens is 421 g/mol. The molecule has 1 unspecified atom stereocenters. The molecule has 0 aromatic heterocycles. The second kappa shape index (κ2) is 7.57. The number of hydrogen-bond acceptors (Lipinski definition) is 0. The minimum Gasteiger partial charge on any atom is -0.0809 e. The molecule has 3 aliphatic rings. The molecule has 31 heavy (non-hydrogen) atoms. The average molecular weight is 458 g/mol. The van der Waals surface area contributed by atoms with Gasteiger partial charge in [0.1, 0.15) is 0 Å². The van der Waals surface area contributed by atoms with Crippen molar-refractivity contribution in [2.45, 2.75) is 76.0 Å². The summed E-state index contributed by atoms with van der Waals surface area (Å²) in [5, 5.41) is 5.05. The number of hydrogen-bond donors (Lipinski definition) is 0. The van der Waals surface area contributed by atoms with E-state index in [9.17, 15) is 0 Å². The molecule has 0 saturated carbocycles. The van der Waals surface area contributed by atoms with Crippen molar-refractivity contribution in [2.75, 3.05) is 0 Å². The van der Waals surface area contributed by atoms with Gasteiger partial charge in [-0.3, -0.25) is 0 Å². The van der Waals surface area contributed by atoms with E-state index in [1.165, 1.54) is 36.4 Å². The van der Waals surface area contributed by atoms with Gasteiger partial charge in [0.25, 0.3) is 0 Å². The van der Waals surface area contributed by atoms with Crippen LogP contribution in [0.25, 0.3) is 11.1 Å². The predicted molar refractivity (Wildman–Crippen MR) is 145 cm³/mol. The maximum Gasteiger partial charge on any atom is 0.0848 e. The van der Waals surface area contributed by atoms with Crippen LogP contribution in [-0.2, 0) is 0 Å². The van der Waals surface area contributed by atoms with Gasteiger partial charge < -0.3 is 0 Å². The third-order valence-corrected chi connectivity index (χ3v) is 15.5. The van der Waals surface area contributed by atoms with Crippen LogP contribution in [0.1, 0.15) is 36.3 Å². The van der Waals surface area contributed by atoms with E-state index >= 15 is 0 Å². The highest BCUT2D eigenvalue weighted by molar-refractivity contribution is 6.89. The van der Waals surface area contributed by atoms with Gasteiger partial charge in [-0.1, -0.05) is 128 Å². The molecule has 3 heteroatoms. The van der Waals surface area contributed by atoms with Crippen molar-refractivity contribution in [1.29, 1.82) is 0 Å². The SMILES string of the molecule is C[Si](C)(C)c1ccc2c(c1)C(C1CCC[Si]1C1=CC=CC1)c1cc([Si](C)(C)C)ccc1-2. The monoisotopic (exact) mass is 457 g/mol. The Bertz CT molecular complexity index is 1010. The van der Waals surface area contributed by atoms with Gasteiger partial charge in [-0.15, -0.1) is 0 Å². The fourth-order valence-corrected chi connectivity index (χ4v) is 12.1. The van der Waals surface area contributed by atoms with Crippen molar-refractivity contribution in [3.8, 4) is 11.1 Å². The van der Waals surface area contributed by atoms with E-state index in [0.717, 1.165) is 5.54 Å². The number of rotatable bonds is 4. The summed E-state index contributed by atoms with van der Waals surface area (Å²) in [6, 6.07) is 16.6. The maximum atomic E-state index is 2.65. The topological polar surface area (TPSA) is 0 Å². The van der Waals surface area contributed by atoms with Crippen LogP contribution >= 0.6 is 0 Å². The van der Waals surface area contributed by atoms with Crippen molar-refractivity contribution in [2.24, 2.45) is 0 Å². The Balaban J connectivity index is 1.67. The van der Waals surface area contributed by atoms with Gasteiger partial charge >= 0.3 is 0 Å². The van der Waals surface area contributed by atoms with Crippen LogP contribution in [0.15, 0.2) is 59.8 Å². The largest absolute Gasteiger partial charge is 0.0848 e. The normalized spacial score (nSPS) is 21.5. The van der Waals surface area contributed by atoms with E-state index in [4.69, 9.17) is 0 Å². The van der Waals surface area contributed by atoms with Crippen molar-refractivity contribution in [1.82, 2.24) is 0 Å². The third kappa shape index (κ3) is 3.73. The highest BCUT2D eigenvalue weighted by Crippen LogP contribution is 2.55. The number of fused-ring (bicyclic) bond motifs is 3. The zero-order valence-electron chi connectivity index (χ0n) is 20.2. The van der Waals surface area contributed by atoms with Crippen LogP contribution < -0.4 is 10.4 Å². The molecule has 2 aromatic carbocycles. The Hall–Kier alpha value is -1.43. The van der Waals surface area contributed by atoms with Crippen LogP contribution in [0, 0.1) is 0 Å². The lowest BCUT2D eigenvalue weighted by Gasteiger charge is -2.29. The molecule has 0 bridgehead atoms. The molecule has 1 saturated heterocycles. The van der Waals surface area contributed by atoms with E-state index in [2.05, 4.69) is 93.9 Å². The fourth-order valence-electron chi connectivity index (χ4n) is 5.99. The zero-order chi connectivity index (χ0) is 22.0. The third-order valence-electron chi connectivity index (χ3n) is 7.79. The summed E-state index contributed by atoms with van der Waals surface area (Å²) in [5.74, 6) is 0.621. The highest BCUT2D eigenvalue weighted by atomic mass is 28.3. The van der Waals surface area contributed by atoms with Crippen LogP contribution in [0.2, 0.25) is 50.9 Å². The first-order valence-electron chi connectivity index (χ1n) is 12.2. The zero-order valence-corrected chi connectivity index (χ0v) is 23.2. The second-order valence-electron chi connectivity index (χ2n) is 11.9. The van der Waals surface area contributed by atoms with Gasteiger partial charge in [-0.05, 0) is 34.2 Å². The van der Waals surface area contributed by atoms with E-state index in [-0.39, 0.29) is 0 Å². The van der Waals surface area contributed by atoms with E-state index in [0.29, 0.717) is 5.92 Å². The summed E-state index contributed by atoms with van der Waals surface area (Å²) < 4.78 is 0. The molecule has 0 nitrogen and oxygen atoms in total. The van der Waals surface area contributed by atoms with Crippen LogP contribution in [0.4, 0.5) is 0 Å². The number of benzene rings is 2. The Morgan fingerprint density at radius 1 is 0.806 bits per heavy atom. The van der Waals surface area contributed by atoms with E-state index in [1.807, 2.05) is 0 Å². The maximum absolute atomic E-state index is 2.65.